The van der Waals surface area contributed by atoms with Crippen molar-refractivity contribution in [2.45, 2.75) is 19.1 Å². The van der Waals surface area contributed by atoms with Gasteiger partial charge in [-0.3, -0.25) is 14.5 Å². The molecule has 2 aromatic heterocycles. The van der Waals surface area contributed by atoms with Crippen molar-refractivity contribution >= 4 is 45.4 Å². The van der Waals surface area contributed by atoms with Crippen LogP contribution in [0, 0.1) is 6.92 Å². The molecule has 0 aliphatic carbocycles. The molecule has 172 valence electrons. The van der Waals surface area contributed by atoms with Gasteiger partial charge in [0.25, 0.3) is 11.7 Å². The Kier molecular flexibility index (Phi) is 5.09. The molecule has 1 amide bonds. The van der Waals surface area contributed by atoms with Gasteiger partial charge in [-0.05, 0) is 54.3 Å². The second-order valence-electron chi connectivity index (χ2n) is 7.93. The highest BCUT2D eigenvalue weighted by Crippen LogP contribution is 2.45. The summed E-state index contributed by atoms with van der Waals surface area (Å²) in [6.45, 7) is 1.81. The Balaban J connectivity index is 1.71. The van der Waals surface area contributed by atoms with Crippen molar-refractivity contribution in [3.05, 3.63) is 93.3 Å². The minimum Gasteiger partial charge on any atom is -0.507 e. The van der Waals surface area contributed by atoms with E-state index in [1.54, 1.807) is 23.7 Å². The van der Waals surface area contributed by atoms with E-state index >= 15 is 0 Å². The van der Waals surface area contributed by atoms with Crippen LogP contribution in [-0.4, -0.2) is 21.8 Å². The van der Waals surface area contributed by atoms with Crippen LogP contribution in [0.25, 0.3) is 16.7 Å². The Hall–Kier alpha value is -3.85. The van der Waals surface area contributed by atoms with E-state index in [-0.39, 0.29) is 17.0 Å². The second-order valence-corrected chi connectivity index (χ2v) is 8.88. The molecule has 0 saturated carbocycles. The van der Waals surface area contributed by atoms with Gasteiger partial charge in [-0.15, -0.1) is 11.3 Å². The van der Waals surface area contributed by atoms with Crippen LogP contribution in [0.4, 0.5) is 18.9 Å². The van der Waals surface area contributed by atoms with Gasteiger partial charge in [0.05, 0.1) is 11.1 Å². The first kappa shape index (κ1) is 22.0. The Morgan fingerprint density at radius 2 is 1.76 bits per heavy atom. The van der Waals surface area contributed by atoms with Crippen molar-refractivity contribution in [1.82, 2.24) is 4.98 Å². The number of aryl methyl sites for hydroxylation is 1. The van der Waals surface area contributed by atoms with Crippen LogP contribution >= 0.6 is 11.3 Å². The fraction of sp³-hybridized carbons (Fsp3) is 0.120. The zero-order chi connectivity index (χ0) is 24.2. The van der Waals surface area contributed by atoms with Crippen LogP contribution in [0.15, 0.2) is 71.7 Å². The minimum atomic E-state index is -4.54. The van der Waals surface area contributed by atoms with E-state index in [1.165, 1.54) is 11.3 Å². The number of fused-ring (bicyclic) bond motifs is 1. The Labute approximate surface area is 195 Å². The molecular formula is C25H17F3N2O3S. The molecule has 2 aromatic carbocycles. The molecule has 0 spiro atoms. The number of hydrogen-bond donors (Lipinski definition) is 2. The third kappa shape index (κ3) is 3.40. The number of Topliss-reactive ketones (excluding diaryl/α,β-unsaturated/α-hetero) is 1. The molecule has 1 fully saturated rings. The largest absolute Gasteiger partial charge is 0.507 e. The second kappa shape index (κ2) is 7.88. The highest BCUT2D eigenvalue weighted by atomic mass is 32.1. The number of H-pyrrole nitrogens is 1. The number of nitrogens with zero attached hydrogens (tertiary/aromatic N) is 1. The van der Waals surface area contributed by atoms with Crippen LogP contribution in [-0.2, 0) is 15.8 Å². The SMILES string of the molecule is Cc1ccsc1C1/C(=C(\O)c2c[nH]c3ccccc23)C(=O)C(=O)N1c1ccc(C(F)(F)F)cc1. The molecule has 0 radical (unpaired) electrons. The van der Waals surface area contributed by atoms with Gasteiger partial charge in [0.2, 0.25) is 0 Å². The first-order valence-electron chi connectivity index (χ1n) is 10.3. The molecule has 1 saturated heterocycles. The summed E-state index contributed by atoms with van der Waals surface area (Å²) in [5, 5.41) is 13.8. The van der Waals surface area contributed by atoms with Crippen molar-refractivity contribution in [1.29, 1.82) is 0 Å². The van der Waals surface area contributed by atoms with E-state index < -0.39 is 29.5 Å². The zero-order valence-electron chi connectivity index (χ0n) is 17.7. The van der Waals surface area contributed by atoms with Crippen molar-refractivity contribution in [2.75, 3.05) is 4.90 Å². The topological polar surface area (TPSA) is 73.4 Å². The Morgan fingerprint density at radius 3 is 2.41 bits per heavy atom. The summed E-state index contributed by atoms with van der Waals surface area (Å²) >= 11 is 1.30. The maximum absolute atomic E-state index is 13.2. The van der Waals surface area contributed by atoms with Gasteiger partial charge in [0.15, 0.2) is 0 Å². The van der Waals surface area contributed by atoms with Crippen LogP contribution in [0.3, 0.4) is 0 Å². The van der Waals surface area contributed by atoms with E-state index in [2.05, 4.69) is 4.98 Å². The lowest BCUT2D eigenvalue weighted by Crippen LogP contribution is -2.29. The number of carbonyl (C=O) groups excluding carboxylic acids is 2. The van der Waals surface area contributed by atoms with E-state index in [0.29, 0.717) is 15.8 Å². The van der Waals surface area contributed by atoms with Crippen LogP contribution < -0.4 is 4.90 Å². The summed E-state index contributed by atoms with van der Waals surface area (Å²) < 4.78 is 39.2. The maximum atomic E-state index is 13.2. The van der Waals surface area contributed by atoms with Gasteiger partial charge in [0, 0.05) is 33.2 Å². The molecule has 3 heterocycles. The molecule has 1 aliphatic heterocycles. The predicted molar refractivity (Wildman–Crippen MR) is 124 cm³/mol. The number of alkyl halides is 3. The van der Waals surface area contributed by atoms with Crippen LogP contribution in [0.2, 0.25) is 0 Å². The van der Waals surface area contributed by atoms with Gasteiger partial charge in [-0.25, -0.2) is 0 Å². The van der Waals surface area contributed by atoms with E-state index in [1.807, 2.05) is 25.1 Å². The van der Waals surface area contributed by atoms with Crippen molar-refractivity contribution in [2.24, 2.45) is 0 Å². The third-order valence-electron chi connectivity index (χ3n) is 5.91. The first-order valence-corrected chi connectivity index (χ1v) is 11.1. The Morgan fingerprint density at radius 1 is 1.06 bits per heavy atom. The van der Waals surface area contributed by atoms with Crippen LogP contribution in [0.1, 0.15) is 27.6 Å². The summed E-state index contributed by atoms with van der Waals surface area (Å²) in [4.78, 5) is 31.2. The molecule has 34 heavy (non-hydrogen) atoms. The number of nitrogens with one attached hydrogen (secondary N) is 1. The molecular weight excluding hydrogens is 465 g/mol. The first-order chi connectivity index (χ1) is 16.2. The molecule has 2 N–H and O–H groups in total. The molecule has 0 bridgehead atoms. The van der Waals surface area contributed by atoms with Crippen molar-refractivity contribution in [3.63, 3.8) is 0 Å². The highest BCUT2D eigenvalue weighted by Gasteiger charge is 2.48. The number of aromatic amines is 1. The number of anilines is 1. The number of thiophene rings is 1. The number of rotatable bonds is 3. The predicted octanol–water partition coefficient (Wildman–Crippen LogP) is 6.18. The maximum Gasteiger partial charge on any atom is 0.416 e. The summed E-state index contributed by atoms with van der Waals surface area (Å²) in [7, 11) is 0. The molecule has 1 atom stereocenters. The third-order valence-corrected chi connectivity index (χ3v) is 6.98. The van der Waals surface area contributed by atoms with E-state index in [9.17, 15) is 27.9 Å². The van der Waals surface area contributed by atoms with Crippen LogP contribution in [0.5, 0.6) is 0 Å². The zero-order valence-corrected chi connectivity index (χ0v) is 18.5. The molecule has 1 unspecified atom stereocenters. The van der Waals surface area contributed by atoms with Gasteiger partial charge in [-0.1, -0.05) is 18.2 Å². The summed E-state index contributed by atoms with van der Waals surface area (Å²) in [5.41, 5.74) is 1.05. The number of benzene rings is 2. The quantitative estimate of drug-likeness (QED) is 0.208. The molecule has 5 nitrogen and oxygen atoms in total. The summed E-state index contributed by atoms with van der Waals surface area (Å²) in [5.74, 6) is -2.16. The highest BCUT2D eigenvalue weighted by molar-refractivity contribution is 7.10. The number of aromatic nitrogens is 1. The molecule has 5 rings (SSSR count). The summed E-state index contributed by atoms with van der Waals surface area (Å²) in [6.07, 6.45) is -2.98. The fourth-order valence-electron chi connectivity index (χ4n) is 4.23. The number of ketones is 1. The number of halogens is 3. The van der Waals surface area contributed by atoms with E-state index in [0.717, 1.165) is 40.2 Å². The average molecular weight is 482 g/mol. The molecule has 4 aromatic rings. The lowest BCUT2D eigenvalue weighted by Gasteiger charge is -2.25. The number of para-hydroxylation sites is 1. The number of aliphatic hydroxyl groups excluding tert-OH is 1. The smallest absolute Gasteiger partial charge is 0.416 e. The molecule has 1 aliphatic rings. The average Bonchev–Trinajstić information content (AvgIpc) is 3.49. The van der Waals surface area contributed by atoms with Gasteiger partial charge in [-0.2, -0.15) is 13.2 Å². The monoisotopic (exact) mass is 482 g/mol. The normalized spacial score (nSPS) is 18.2. The van der Waals surface area contributed by atoms with Gasteiger partial charge < -0.3 is 10.1 Å². The Bertz CT molecular complexity index is 1460. The standard InChI is InChI=1S/C25H17F3N2O3S/c1-13-10-11-34-23(13)20-19(21(31)17-12-29-18-5-3-2-4-16(17)18)22(32)24(33)30(20)15-8-6-14(7-9-15)25(26,27)28/h2-12,20,29,31H,1H3/b21-19+. The minimum absolute atomic E-state index is 0.111. The van der Waals surface area contributed by atoms with Gasteiger partial charge >= 0.3 is 6.18 Å². The number of carbonyl (C=O) groups is 2. The molecule has 9 heteroatoms. The van der Waals surface area contributed by atoms with Crippen molar-refractivity contribution < 1.29 is 27.9 Å². The van der Waals surface area contributed by atoms with Crippen molar-refractivity contribution in [3.8, 4) is 0 Å². The number of hydrogen-bond acceptors (Lipinski definition) is 4. The van der Waals surface area contributed by atoms with Gasteiger partial charge in [0.1, 0.15) is 11.8 Å². The lowest BCUT2D eigenvalue weighted by atomic mass is 9.98. The van der Waals surface area contributed by atoms with E-state index in [4.69, 9.17) is 0 Å². The lowest BCUT2D eigenvalue weighted by molar-refractivity contribution is -0.137. The fourth-order valence-corrected chi connectivity index (χ4v) is 5.26. The number of aliphatic hydroxyl groups is 1. The summed E-state index contributed by atoms with van der Waals surface area (Å²) in [6, 6.07) is 12.1. The number of amides is 1.